The van der Waals surface area contributed by atoms with E-state index in [1.807, 2.05) is 29.2 Å². The molecule has 1 aromatic carbocycles. The molecule has 2 aromatic rings. The Morgan fingerprint density at radius 2 is 1.88 bits per heavy atom. The van der Waals surface area contributed by atoms with Crippen molar-refractivity contribution < 1.29 is 14.3 Å². The lowest BCUT2D eigenvalue weighted by Gasteiger charge is -2.45. The molecule has 0 atom stereocenters. The fourth-order valence-electron chi connectivity index (χ4n) is 3.54. The summed E-state index contributed by atoms with van der Waals surface area (Å²) in [4.78, 5) is 20.8. The average molecular weight is 327 g/mol. The Labute approximate surface area is 140 Å². The number of carbonyl (C=O) groups is 1. The zero-order chi connectivity index (χ0) is 16.5. The topological polar surface area (TPSA) is 69.8 Å². The van der Waals surface area contributed by atoms with E-state index in [9.17, 15) is 9.90 Å². The Morgan fingerprint density at radius 3 is 2.46 bits per heavy atom. The fourth-order valence-corrected chi connectivity index (χ4v) is 3.54. The Kier molecular flexibility index (Phi) is 4.08. The zero-order valence-electron chi connectivity index (χ0n) is 13.5. The molecule has 2 aliphatic rings. The number of hydrogen-bond donors (Lipinski definition) is 1. The van der Waals surface area contributed by atoms with Crippen LogP contribution in [0.5, 0.6) is 0 Å². The highest BCUT2D eigenvalue weighted by atomic mass is 16.3. The zero-order valence-corrected chi connectivity index (χ0v) is 13.5. The Bertz CT molecular complexity index is 685. The van der Waals surface area contributed by atoms with Crippen molar-refractivity contribution in [3.63, 3.8) is 0 Å². The van der Waals surface area contributed by atoms with Gasteiger partial charge in [-0.05, 0) is 25.0 Å². The molecule has 2 saturated heterocycles. The summed E-state index contributed by atoms with van der Waals surface area (Å²) < 4.78 is 5.27. The SMILES string of the molecule is O=C(c1ccc(-c2cnco2)cc1)N1CCC(N2CC(O)C2)CC1. The van der Waals surface area contributed by atoms with Gasteiger partial charge in [0.2, 0.25) is 0 Å². The second-order valence-corrected chi connectivity index (χ2v) is 6.57. The molecule has 0 radical (unpaired) electrons. The molecule has 0 saturated carbocycles. The number of carbonyl (C=O) groups excluding carboxylic acids is 1. The first kappa shape index (κ1) is 15.4. The van der Waals surface area contributed by atoms with Crippen LogP contribution in [0.25, 0.3) is 11.3 Å². The van der Waals surface area contributed by atoms with Gasteiger partial charge in [-0.1, -0.05) is 12.1 Å². The minimum absolute atomic E-state index is 0.0845. The van der Waals surface area contributed by atoms with Crippen molar-refractivity contribution in [3.8, 4) is 11.3 Å². The number of hydrogen-bond acceptors (Lipinski definition) is 5. The molecule has 126 valence electrons. The summed E-state index contributed by atoms with van der Waals surface area (Å²) in [5, 5.41) is 9.41. The quantitative estimate of drug-likeness (QED) is 0.928. The second-order valence-electron chi connectivity index (χ2n) is 6.57. The maximum Gasteiger partial charge on any atom is 0.253 e. The van der Waals surface area contributed by atoms with Gasteiger partial charge in [0.1, 0.15) is 0 Å². The number of aliphatic hydroxyl groups is 1. The molecular weight excluding hydrogens is 306 g/mol. The maximum absolute atomic E-state index is 12.6. The van der Waals surface area contributed by atoms with Gasteiger partial charge in [0.05, 0.1) is 12.3 Å². The van der Waals surface area contributed by atoms with Crippen LogP contribution in [0.15, 0.2) is 41.3 Å². The molecule has 0 unspecified atom stereocenters. The molecule has 2 aliphatic heterocycles. The van der Waals surface area contributed by atoms with Crippen LogP contribution in [-0.2, 0) is 0 Å². The minimum atomic E-state index is -0.160. The summed E-state index contributed by atoms with van der Waals surface area (Å²) in [5.74, 6) is 0.785. The fraction of sp³-hybridized carbons (Fsp3) is 0.444. The van der Waals surface area contributed by atoms with E-state index < -0.39 is 0 Å². The van der Waals surface area contributed by atoms with Crippen LogP contribution >= 0.6 is 0 Å². The highest BCUT2D eigenvalue weighted by Gasteiger charge is 2.33. The van der Waals surface area contributed by atoms with Crippen molar-refractivity contribution in [2.45, 2.75) is 25.0 Å². The highest BCUT2D eigenvalue weighted by Crippen LogP contribution is 2.24. The van der Waals surface area contributed by atoms with Crippen LogP contribution in [0.2, 0.25) is 0 Å². The van der Waals surface area contributed by atoms with Crippen LogP contribution in [0.3, 0.4) is 0 Å². The van der Waals surface area contributed by atoms with Crippen LogP contribution in [0, 0.1) is 0 Å². The van der Waals surface area contributed by atoms with Crippen LogP contribution in [-0.4, -0.2) is 64.1 Å². The monoisotopic (exact) mass is 327 g/mol. The molecular formula is C18H21N3O3. The van der Waals surface area contributed by atoms with E-state index in [-0.39, 0.29) is 12.0 Å². The van der Waals surface area contributed by atoms with Gasteiger partial charge >= 0.3 is 0 Å². The predicted octanol–water partition coefficient (Wildman–Crippen LogP) is 1.62. The van der Waals surface area contributed by atoms with Gasteiger partial charge in [-0.2, -0.15) is 0 Å². The van der Waals surface area contributed by atoms with Crippen LogP contribution in [0.4, 0.5) is 0 Å². The van der Waals surface area contributed by atoms with E-state index in [2.05, 4.69) is 9.88 Å². The third kappa shape index (κ3) is 2.95. The van der Waals surface area contributed by atoms with E-state index in [1.165, 1.54) is 6.39 Å². The predicted molar refractivity (Wildman–Crippen MR) is 88.4 cm³/mol. The molecule has 0 aliphatic carbocycles. The number of amides is 1. The minimum Gasteiger partial charge on any atom is -0.444 e. The van der Waals surface area contributed by atoms with Gasteiger partial charge < -0.3 is 14.4 Å². The molecule has 6 heteroatoms. The molecule has 0 spiro atoms. The second kappa shape index (κ2) is 6.37. The van der Waals surface area contributed by atoms with Gasteiger partial charge in [0.15, 0.2) is 12.2 Å². The van der Waals surface area contributed by atoms with E-state index >= 15 is 0 Å². The van der Waals surface area contributed by atoms with Crippen molar-refractivity contribution in [3.05, 3.63) is 42.4 Å². The summed E-state index contributed by atoms with van der Waals surface area (Å²) in [6.45, 7) is 3.11. The molecule has 3 heterocycles. The summed E-state index contributed by atoms with van der Waals surface area (Å²) in [7, 11) is 0. The number of piperidine rings is 1. The molecule has 24 heavy (non-hydrogen) atoms. The van der Waals surface area contributed by atoms with E-state index in [0.29, 0.717) is 17.4 Å². The standard InChI is InChI=1S/C18H21N3O3/c22-16-10-21(11-16)15-5-7-20(8-6-15)18(23)14-3-1-13(2-4-14)17-9-19-12-24-17/h1-4,9,12,15-16,22H,5-8,10-11H2. The van der Waals surface area contributed by atoms with Gasteiger partial charge in [-0.3, -0.25) is 9.69 Å². The highest BCUT2D eigenvalue weighted by molar-refractivity contribution is 5.94. The first-order valence-electron chi connectivity index (χ1n) is 8.41. The van der Waals surface area contributed by atoms with Gasteiger partial charge in [-0.15, -0.1) is 0 Å². The van der Waals surface area contributed by atoms with E-state index in [4.69, 9.17) is 4.42 Å². The molecule has 0 bridgehead atoms. The third-order valence-corrected chi connectivity index (χ3v) is 5.01. The summed E-state index contributed by atoms with van der Waals surface area (Å²) in [5.41, 5.74) is 1.62. The maximum atomic E-state index is 12.6. The first-order chi connectivity index (χ1) is 11.7. The lowest BCUT2D eigenvalue weighted by atomic mass is 9.98. The number of likely N-dealkylation sites (tertiary alicyclic amines) is 2. The molecule has 1 amide bonds. The normalized spacial score (nSPS) is 20.1. The van der Waals surface area contributed by atoms with Crippen molar-refractivity contribution in [1.82, 2.24) is 14.8 Å². The van der Waals surface area contributed by atoms with Crippen LogP contribution in [0.1, 0.15) is 23.2 Å². The van der Waals surface area contributed by atoms with Crippen molar-refractivity contribution in [2.75, 3.05) is 26.2 Å². The molecule has 1 aromatic heterocycles. The van der Waals surface area contributed by atoms with Crippen LogP contribution < -0.4 is 0 Å². The van der Waals surface area contributed by atoms with Crippen molar-refractivity contribution in [2.24, 2.45) is 0 Å². The van der Waals surface area contributed by atoms with Gasteiger partial charge in [0, 0.05) is 43.3 Å². The number of aromatic nitrogens is 1. The van der Waals surface area contributed by atoms with Crippen molar-refractivity contribution in [1.29, 1.82) is 0 Å². The number of aliphatic hydroxyl groups excluding tert-OH is 1. The molecule has 2 fully saturated rings. The Morgan fingerprint density at radius 1 is 1.17 bits per heavy atom. The molecule has 6 nitrogen and oxygen atoms in total. The Hall–Kier alpha value is -2.18. The first-order valence-corrected chi connectivity index (χ1v) is 8.41. The van der Waals surface area contributed by atoms with Gasteiger partial charge in [0.25, 0.3) is 5.91 Å². The lowest BCUT2D eigenvalue weighted by molar-refractivity contribution is -0.0381. The average Bonchev–Trinajstić information content (AvgIpc) is 3.13. The number of oxazole rings is 1. The Balaban J connectivity index is 1.36. The summed E-state index contributed by atoms with van der Waals surface area (Å²) in [6, 6.07) is 7.98. The largest absolute Gasteiger partial charge is 0.444 e. The van der Waals surface area contributed by atoms with Crippen molar-refractivity contribution >= 4 is 5.91 Å². The number of β-amino-alcohol motifs (C(OH)–C–C–N with tert-alkyl or cyclic N) is 1. The summed E-state index contributed by atoms with van der Waals surface area (Å²) >= 11 is 0. The summed E-state index contributed by atoms with van der Waals surface area (Å²) in [6.07, 6.45) is 4.86. The smallest absolute Gasteiger partial charge is 0.253 e. The lowest BCUT2D eigenvalue weighted by Crippen LogP contribution is -2.58. The number of benzene rings is 1. The van der Waals surface area contributed by atoms with Gasteiger partial charge in [-0.25, -0.2) is 4.98 Å². The number of nitrogens with zero attached hydrogens (tertiary/aromatic N) is 3. The number of rotatable bonds is 3. The molecule has 4 rings (SSSR count). The molecule has 1 N–H and O–H groups in total. The van der Waals surface area contributed by atoms with E-state index in [0.717, 1.165) is 44.6 Å². The third-order valence-electron chi connectivity index (χ3n) is 5.01. The van der Waals surface area contributed by atoms with E-state index in [1.54, 1.807) is 6.20 Å².